The molecule has 2 nitrogen and oxygen atoms in total. The first-order valence-corrected chi connectivity index (χ1v) is 21.7. The van der Waals surface area contributed by atoms with Crippen LogP contribution in [-0.4, -0.2) is 17.2 Å². The fourth-order valence-corrected chi connectivity index (χ4v) is 14.2. The summed E-state index contributed by atoms with van der Waals surface area (Å²) in [5.74, 6) is 0. The summed E-state index contributed by atoms with van der Waals surface area (Å²) < 4.78 is 4.96. The van der Waals surface area contributed by atoms with Crippen LogP contribution in [0.4, 0.5) is 0 Å². The quantitative estimate of drug-likeness (QED) is 0.114. The van der Waals surface area contributed by atoms with Gasteiger partial charge in [-0.2, -0.15) is 0 Å². The van der Waals surface area contributed by atoms with Crippen LogP contribution < -0.4 is 20.7 Å². The van der Waals surface area contributed by atoms with Gasteiger partial charge in [0.05, 0.1) is 27.8 Å². The number of hydrogen-bond acceptors (Lipinski definition) is 0. The molecule has 0 aliphatic carbocycles. The van der Waals surface area contributed by atoms with Gasteiger partial charge in [-0.1, -0.05) is 188 Å². The Kier molecular flexibility index (Phi) is 7.87. The third-order valence-corrected chi connectivity index (χ3v) is 16.6. The summed E-state index contributed by atoms with van der Waals surface area (Å²) >= 11 is 0. The number of aromatic nitrogens is 2. The van der Waals surface area contributed by atoms with Gasteiger partial charge in [-0.25, -0.2) is 0 Å². The number of hydrogen-bond donors (Lipinski definition) is 0. The summed E-state index contributed by atoms with van der Waals surface area (Å²) in [4.78, 5) is 0. The topological polar surface area (TPSA) is 9.86 Å². The van der Waals surface area contributed by atoms with Crippen molar-refractivity contribution < 1.29 is 0 Å². The molecule has 2 aromatic heterocycles. The van der Waals surface area contributed by atoms with E-state index in [9.17, 15) is 0 Å². The molecule has 0 saturated heterocycles. The Morgan fingerprint density at radius 3 is 1.42 bits per heavy atom. The number of nitrogens with zero attached hydrogens (tertiary/aromatic N) is 2. The fourth-order valence-electron chi connectivity index (χ4n) is 9.42. The van der Waals surface area contributed by atoms with Gasteiger partial charge in [-0.15, -0.1) is 0 Å². The van der Waals surface area contributed by atoms with Crippen molar-refractivity contribution in [3.63, 3.8) is 0 Å². The molecule has 0 aliphatic rings. The lowest BCUT2D eigenvalue weighted by molar-refractivity contribution is 1.13. The van der Waals surface area contributed by atoms with Crippen LogP contribution >= 0.6 is 0 Å². The molecule has 0 fully saturated rings. The highest BCUT2D eigenvalue weighted by Gasteiger charge is 2.41. The molecule has 0 atom stereocenters. The molecular formula is C54H38N2Si. The van der Waals surface area contributed by atoms with Crippen LogP contribution in [0.1, 0.15) is 0 Å². The van der Waals surface area contributed by atoms with E-state index in [-0.39, 0.29) is 0 Å². The minimum atomic E-state index is -2.74. The van der Waals surface area contributed by atoms with Crippen molar-refractivity contribution in [3.05, 3.63) is 231 Å². The highest BCUT2D eigenvalue weighted by atomic mass is 28.3. The monoisotopic (exact) mass is 742 g/mol. The lowest BCUT2D eigenvalue weighted by atomic mass is 10.0. The zero-order chi connectivity index (χ0) is 37.8. The predicted octanol–water partition coefficient (Wildman–Crippen LogP) is 10.9. The van der Waals surface area contributed by atoms with Crippen molar-refractivity contribution in [2.24, 2.45) is 0 Å². The van der Waals surface area contributed by atoms with Crippen LogP contribution in [0.15, 0.2) is 231 Å². The van der Waals surface area contributed by atoms with E-state index < -0.39 is 8.07 Å². The van der Waals surface area contributed by atoms with E-state index in [4.69, 9.17) is 0 Å². The van der Waals surface area contributed by atoms with E-state index in [0.29, 0.717) is 0 Å². The summed E-state index contributed by atoms with van der Waals surface area (Å²) in [5, 5.41) is 10.5. The zero-order valence-corrected chi connectivity index (χ0v) is 32.3. The molecule has 3 heteroatoms. The van der Waals surface area contributed by atoms with Crippen LogP contribution in [-0.2, 0) is 0 Å². The SMILES string of the molecule is c1ccc(-c2ccc3c(c2)c2cccc(-n4c5ccccc5c5cc([Si](c6ccccc6)(c6ccccc6)c6ccccc6)ccc54)c2n3-c2ccccc2)cc1. The van der Waals surface area contributed by atoms with Gasteiger partial charge in [0.1, 0.15) is 0 Å². The van der Waals surface area contributed by atoms with Gasteiger partial charge in [0.15, 0.2) is 8.07 Å². The summed E-state index contributed by atoms with van der Waals surface area (Å²) in [5.41, 5.74) is 9.50. The van der Waals surface area contributed by atoms with E-state index in [0.717, 1.165) is 11.4 Å². The third-order valence-electron chi connectivity index (χ3n) is 11.9. The fraction of sp³-hybridized carbons (Fsp3) is 0. The summed E-state index contributed by atoms with van der Waals surface area (Å²) in [6.07, 6.45) is 0. The molecule has 0 spiro atoms. The largest absolute Gasteiger partial charge is 0.307 e. The maximum absolute atomic E-state index is 2.74. The van der Waals surface area contributed by atoms with Gasteiger partial charge in [-0.3, -0.25) is 0 Å². The Balaban J connectivity index is 1.23. The molecule has 0 unspecified atom stereocenters. The summed E-state index contributed by atoms with van der Waals surface area (Å²) in [6, 6.07) is 85.2. The average Bonchev–Trinajstić information content (AvgIpc) is 3.81. The van der Waals surface area contributed by atoms with Gasteiger partial charge >= 0.3 is 0 Å². The van der Waals surface area contributed by atoms with E-state index in [1.807, 2.05) is 0 Å². The first-order valence-electron chi connectivity index (χ1n) is 19.7. The summed E-state index contributed by atoms with van der Waals surface area (Å²) in [6.45, 7) is 0. The molecule has 0 N–H and O–H groups in total. The van der Waals surface area contributed by atoms with Crippen molar-refractivity contribution in [3.8, 4) is 22.5 Å². The van der Waals surface area contributed by atoms with E-state index in [2.05, 4.69) is 240 Å². The third kappa shape index (κ3) is 5.17. The second-order valence-corrected chi connectivity index (χ2v) is 18.7. The maximum Gasteiger partial charge on any atom is 0.179 e. The van der Waals surface area contributed by atoms with Crippen LogP contribution in [0, 0.1) is 0 Å². The molecule has 0 saturated carbocycles. The van der Waals surface area contributed by atoms with Crippen LogP contribution in [0.3, 0.4) is 0 Å². The first kappa shape index (κ1) is 33.2. The minimum absolute atomic E-state index is 1.14. The van der Waals surface area contributed by atoms with E-state index in [1.165, 1.54) is 75.5 Å². The Morgan fingerprint density at radius 2 is 0.772 bits per heavy atom. The molecule has 0 amide bonds. The number of rotatable bonds is 7. The van der Waals surface area contributed by atoms with E-state index >= 15 is 0 Å². The molecule has 11 aromatic rings. The van der Waals surface area contributed by atoms with Crippen LogP contribution in [0.5, 0.6) is 0 Å². The Morgan fingerprint density at radius 1 is 0.281 bits per heavy atom. The normalized spacial score (nSPS) is 11.9. The molecule has 11 rings (SSSR count). The smallest absolute Gasteiger partial charge is 0.179 e. The second-order valence-electron chi connectivity index (χ2n) is 14.9. The van der Waals surface area contributed by atoms with Gasteiger partial charge in [0.2, 0.25) is 0 Å². The predicted molar refractivity (Wildman–Crippen MR) is 244 cm³/mol. The highest BCUT2D eigenvalue weighted by Crippen LogP contribution is 2.40. The maximum atomic E-state index is 2.52. The average molecular weight is 743 g/mol. The standard InChI is InChI=1S/C54H38N2Si/c1-6-19-39(20-7-1)40-33-35-51-48(37-40)47-30-18-32-53(54(47)55(51)41-21-8-2-9-22-41)56-50-31-17-16-29-46(50)49-38-45(34-36-52(49)56)57(42-23-10-3-11-24-42,43-25-12-4-13-26-43)44-27-14-5-15-28-44/h1-38H. The zero-order valence-electron chi connectivity index (χ0n) is 31.3. The van der Waals surface area contributed by atoms with Gasteiger partial charge in [-0.05, 0) is 74.3 Å². The van der Waals surface area contributed by atoms with Crippen molar-refractivity contribution in [2.45, 2.75) is 0 Å². The van der Waals surface area contributed by atoms with E-state index in [1.54, 1.807) is 0 Å². The van der Waals surface area contributed by atoms with Crippen LogP contribution in [0.25, 0.3) is 66.1 Å². The van der Waals surface area contributed by atoms with Crippen molar-refractivity contribution in [1.82, 2.24) is 9.13 Å². The Hall–Kier alpha value is -7.20. The molecule has 57 heavy (non-hydrogen) atoms. The first-order chi connectivity index (χ1) is 28.3. The molecule has 9 aromatic carbocycles. The Labute approximate surface area is 333 Å². The summed E-state index contributed by atoms with van der Waals surface area (Å²) in [7, 11) is -2.74. The van der Waals surface area contributed by atoms with Gasteiger partial charge < -0.3 is 9.13 Å². The molecule has 268 valence electrons. The lowest BCUT2D eigenvalue weighted by Crippen LogP contribution is -2.74. The molecule has 0 radical (unpaired) electrons. The number of fused-ring (bicyclic) bond motifs is 6. The lowest BCUT2D eigenvalue weighted by Gasteiger charge is -2.34. The minimum Gasteiger partial charge on any atom is -0.307 e. The van der Waals surface area contributed by atoms with Gasteiger partial charge in [0, 0.05) is 27.2 Å². The Bertz CT molecular complexity index is 3110. The van der Waals surface area contributed by atoms with Gasteiger partial charge in [0.25, 0.3) is 0 Å². The molecular weight excluding hydrogens is 705 g/mol. The molecule has 0 aliphatic heterocycles. The number of para-hydroxylation sites is 3. The van der Waals surface area contributed by atoms with Crippen molar-refractivity contribution in [1.29, 1.82) is 0 Å². The van der Waals surface area contributed by atoms with Crippen LogP contribution in [0.2, 0.25) is 0 Å². The highest BCUT2D eigenvalue weighted by molar-refractivity contribution is 7.20. The molecule has 0 bridgehead atoms. The number of benzene rings is 9. The second kappa shape index (κ2) is 13.5. The van der Waals surface area contributed by atoms with Crippen molar-refractivity contribution >= 4 is 72.4 Å². The van der Waals surface area contributed by atoms with Crippen molar-refractivity contribution in [2.75, 3.05) is 0 Å². The molecule has 2 heterocycles.